The molecule has 1 unspecified atom stereocenters. The maximum absolute atomic E-state index is 11.6. The molecule has 0 saturated carbocycles. The number of nitrogens with one attached hydrogen (secondary N) is 1. The van der Waals surface area contributed by atoms with Crippen molar-refractivity contribution in [1.82, 2.24) is 5.32 Å². The van der Waals surface area contributed by atoms with Crippen LogP contribution in [0.1, 0.15) is 52.4 Å². The van der Waals surface area contributed by atoms with Gasteiger partial charge in [-0.1, -0.05) is 19.8 Å². The quantitative estimate of drug-likeness (QED) is 0.527. The molecule has 108 valence electrons. The van der Waals surface area contributed by atoms with Crippen LogP contribution in [-0.2, 0) is 9.53 Å². The highest BCUT2D eigenvalue weighted by atomic mass is 16.5. The first-order valence-electron chi connectivity index (χ1n) is 7.29. The van der Waals surface area contributed by atoms with E-state index in [-0.39, 0.29) is 5.91 Å². The van der Waals surface area contributed by atoms with E-state index in [1.807, 2.05) is 6.92 Å². The lowest BCUT2D eigenvalue weighted by molar-refractivity contribution is -0.121. The number of amides is 1. The predicted molar refractivity (Wildman–Crippen MR) is 75.4 cm³/mol. The molecule has 0 aromatic heterocycles. The van der Waals surface area contributed by atoms with E-state index in [4.69, 9.17) is 10.5 Å². The Balaban J connectivity index is 3.54. The lowest BCUT2D eigenvalue weighted by Crippen LogP contribution is -2.25. The number of hydrogen-bond acceptors (Lipinski definition) is 3. The molecule has 1 atom stereocenters. The van der Waals surface area contributed by atoms with Crippen LogP contribution in [0, 0.1) is 5.92 Å². The summed E-state index contributed by atoms with van der Waals surface area (Å²) in [6.45, 7) is 7.06. The largest absolute Gasteiger partial charge is 0.382 e. The first kappa shape index (κ1) is 17.4. The van der Waals surface area contributed by atoms with Gasteiger partial charge < -0.3 is 15.8 Å². The topological polar surface area (TPSA) is 64.4 Å². The minimum Gasteiger partial charge on any atom is -0.382 e. The Kier molecular flexibility index (Phi) is 12.4. The van der Waals surface area contributed by atoms with Crippen molar-refractivity contribution in [2.24, 2.45) is 11.7 Å². The van der Waals surface area contributed by atoms with Crippen LogP contribution >= 0.6 is 0 Å². The van der Waals surface area contributed by atoms with E-state index >= 15 is 0 Å². The zero-order valence-corrected chi connectivity index (χ0v) is 12.0. The van der Waals surface area contributed by atoms with Crippen LogP contribution in [-0.4, -0.2) is 32.2 Å². The van der Waals surface area contributed by atoms with Crippen molar-refractivity contribution in [2.45, 2.75) is 52.4 Å². The van der Waals surface area contributed by atoms with E-state index in [2.05, 4.69) is 12.2 Å². The zero-order chi connectivity index (χ0) is 13.6. The first-order chi connectivity index (χ1) is 8.74. The molecule has 3 N–H and O–H groups in total. The molecule has 0 fully saturated rings. The van der Waals surface area contributed by atoms with Crippen LogP contribution < -0.4 is 11.1 Å². The molecular weight excluding hydrogens is 228 g/mol. The Bertz CT molecular complexity index is 192. The van der Waals surface area contributed by atoms with Gasteiger partial charge in [-0.05, 0) is 38.6 Å². The number of carbonyl (C=O) groups is 1. The van der Waals surface area contributed by atoms with Gasteiger partial charge in [0.1, 0.15) is 0 Å². The Morgan fingerprint density at radius 3 is 2.67 bits per heavy atom. The highest BCUT2D eigenvalue weighted by Gasteiger charge is 2.09. The lowest BCUT2D eigenvalue weighted by atomic mass is 9.94. The summed E-state index contributed by atoms with van der Waals surface area (Å²) in [6, 6.07) is 0. The molecule has 0 heterocycles. The Morgan fingerprint density at radius 1 is 1.28 bits per heavy atom. The Hall–Kier alpha value is -0.610. The van der Waals surface area contributed by atoms with Crippen molar-refractivity contribution >= 4 is 5.91 Å². The fourth-order valence-electron chi connectivity index (χ4n) is 2.05. The van der Waals surface area contributed by atoms with Gasteiger partial charge in [-0.25, -0.2) is 0 Å². The molecule has 0 aliphatic carbocycles. The summed E-state index contributed by atoms with van der Waals surface area (Å²) < 4.78 is 5.21. The van der Waals surface area contributed by atoms with Crippen molar-refractivity contribution in [1.29, 1.82) is 0 Å². The van der Waals surface area contributed by atoms with Gasteiger partial charge in [0, 0.05) is 26.2 Å². The second-order valence-electron chi connectivity index (χ2n) is 4.67. The standard InChI is InChI=1S/C14H30N2O2/c1-3-6-13(9-10-15)7-8-14(17)16-11-5-12-18-4-2/h13H,3-12,15H2,1-2H3,(H,16,17). The molecular formula is C14H30N2O2. The van der Waals surface area contributed by atoms with Gasteiger partial charge in [0.15, 0.2) is 0 Å². The second kappa shape index (κ2) is 12.8. The number of nitrogens with two attached hydrogens (primary N) is 1. The predicted octanol–water partition coefficient (Wildman–Crippen LogP) is 2.07. The average Bonchev–Trinajstić information content (AvgIpc) is 2.36. The van der Waals surface area contributed by atoms with Gasteiger partial charge in [-0.15, -0.1) is 0 Å². The fourth-order valence-corrected chi connectivity index (χ4v) is 2.05. The van der Waals surface area contributed by atoms with E-state index in [0.29, 0.717) is 18.9 Å². The molecule has 0 aromatic rings. The molecule has 0 aliphatic rings. The molecule has 0 radical (unpaired) electrons. The van der Waals surface area contributed by atoms with Crippen LogP contribution in [0.15, 0.2) is 0 Å². The van der Waals surface area contributed by atoms with Crippen molar-refractivity contribution in [3.8, 4) is 0 Å². The smallest absolute Gasteiger partial charge is 0.220 e. The number of hydrogen-bond donors (Lipinski definition) is 2. The molecule has 0 saturated heterocycles. The van der Waals surface area contributed by atoms with E-state index in [9.17, 15) is 4.79 Å². The third-order valence-corrected chi connectivity index (χ3v) is 3.04. The Morgan fingerprint density at radius 2 is 2.06 bits per heavy atom. The molecule has 4 nitrogen and oxygen atoms in total. The van der Waals surface area contributed by atoms with Crippen LogP contribution in [0.5, 0.6) is 0 Å². The van der Waals surface area contributed by atoms with Gasteiger partial charge in [-0.2, -0.15) is 0 Å². The van der Waals surface area contributed by atoms with E-state index in [1.54, 1.807) is 0 Å². The molecule has 4 heteroatoms. The van der Waals surface area contributed by atoms with Crippen molar-refractivity contribution < 1.29 is 9.53 Å². The van der Waals surface area contributed by atoms with Crippen LogP contribution in [0.3, 0.4) is 0 Å². The minimum atomic E-state index is 0.157. The van der Waals surface area contributed by atoms with Gasteiger partial charge in [0.25, 0.3) is 0 Å². The molecule has 0 bridgehead atoms. The third kappa shape index (κ3) is 10.5. The van der Waals surface area contributed by atoms with Crippen LogP contribution in [0.25, 0.3) is 0 Å². The fraction of sp³-hybridized carbons (Fsp3) is 0.929. The third-order valence-electron chi connectivity index (χ3n) is 3.04. The summed E-state index contributed by atoms with van der Waals surface area (Å²) in [5, 5.41) is 2.93. The van der Waals surface area contributed by atoms with E-state index in [1.165, 1.54) is 12.8 Å². The lowest BCUT2D eigenvalue weighted by Gasteiger charge is -2.14. The van der Waals surface area contributed by atoms with E-state index < -0.39 is 0 Å². The maximum atomic E-state index is 11.6. The van der Waals surface area contributed by atoms with Gasteiger partial charge in [-0.3, -0.25) is 4.79 Å². The molecule has 0 spiro atoms. The maximum Gasteiger partial charge on any atom is 0.220 e. The first-order valence-corrected chi connectivity index (χ1v) is 7.29. The van der Waals surface area contributed by atoms with Crippen molar-refractivity contribution in [3.63, 3.8) is 0 Å². The van der Waals surface area contributed by atoms with E-state index in [0.717, 1.165) is 39.0 Å². The average molecular weight is 258 g/mol. The molecule has 1 amide bonds. The Labute approximate surface area is 112 Å². The summed E-state index contributed by atoms with van der Waals surface area (Å²) in [5.41, 5.74) is 5.58. The monoisotopic (exact) mass is 258 g/mol. The summed E-state index contributed by atoms with van der Waals surface area (Å²) in [5.74, 6) is 0.763. The molecule has 0 aliphatic heterocycles. The van der Waals surface area contributed by atoms with Crippen LogP contribution in [0.4, 0.5) is 0 Å². The van der Waals surface area contributed by atoms with Crippen molar-refractivity contribution in [3.05, 3.63) is 0 Å². The normalized spacial score (nSPS) is 12.4. The number of ether oxygens (including phenoxy) is 1. The second-order valence-corrected chi connectivity index (χ2v) is 4.67. The molecule has 0 rings (SSSR count). The highest BCUT2D eigenvalue weighted by Crippen LogP contribution is 2.16. The van der Waals surface area contributed by atoms with Gasteiger partial charge in [0.2, 0.25) is 5.91 Å². The SMILES string of the molecule is CCCC(CCN)CCC(=O)NCCCOCC. The summed E-state index contributed by atoms with van der Waals surface area (Å²) in [4.78, 5) is 11.6. The summed E-state index contributed by atoms with van der Waals surface area (Å²) in [7, 11) is 0. The molecule has 18 heavy (non-hydrogen) atoms. The van der Waals surface area contributed by atoms with Crippen molar-refractivity contribution in [2.75, 3.05) is 26.3 Å². The summed E-state index contributed by atoms with van der Waals surface area (Å²) >= 11 is 0. The van der Waals surface area contributed by atoms with Crippen LogP contribution in [0.2, 0.25) is 0 Å². The zero-order valence-electron chi connectivity index (χ0n) is 12.0. The minimum absolute atomic E-state index is 0.157. The highest BCUT2D eigenvalue weighted by molar-refractivity contribution is 5.75. The summed E-state index contributed by atoms with van der Waals surface area (Å²) in [6.07, 6.45) is 5.85. The molecule has 0 aromatic carbocycles. The number of carbonyl (C=O) groups excluding carboxylic acids is 1. The van der Waals surface area contributed by atoms with Gasteiger partial charge >= 0.3 is 0 Å². The number of rotatable bonds is 12. The van der Waals surface area contributed by atoms with Gasteiger partial charge in [0.05, 0.1) is 0 Å².